The Morgan fingerprint density at radius 2 is 1.84 bits per heavy atom. The molecule has 0 bridgehead atoms. The number of rotatable bonds is 7. The third-order valence-electron chi connectivity index (χ3n) is 5.96. The van der Waals surface area contributed by atoms with E-state index < -0.39 is 0 Å². The molecule has 162 valence electrons. The van der Waals surface area contributed by atoms with Gasteiger partial charge in [-0.05, 0) is 43.0 Å². The number of hydrogen-bond donors (Lipinski definition) is 0. The molecule has 1 aliphatic heterocycles. The maximum Gasteiger partial charge on any atom is 0.138 e. The number of aromatic nitrogens is 1. The summed E-state index contributed by atoms with van der Waals surface area (Å²) in [6.07, 6.45) is 3.22. The molecule has 1 aliphatic rings. The number of anilines is 1. The van der Waals surface area contributed by atoms with E-state index in [0.717, 1.165) is 37.3 Å². The van der Waals surface area contributed by atoms with Gasteiger partial charge in [-0.3, -0.25) is 4.90 Å². The van der Waals surface area contributed by atoms with Crippen molar-refractivity contribution in [3.8, 4) is 5.75 Å². The molecule has 0 radical (unpaired) electrons. The molecular weight excluding hydrogens is 410 g/mol. The third-order valence-corrected chi connectivity index (χ3v) is 6.28. The molecule has 5 nitrogen and oxygen atoms in total. The van der Waals surface area contributed by atoms with Gasteiger partial charge in [0.15, 0.2) is 0 Å². The van der Waals surface area contributed by atoms with Crippen LogP contribution in [0.4, 0.5) is 5.82 Å². The predicted molar refractivity (Wildman–Crippen MR) is 126 cm³/mol. The van der Waals surface area contributed by atoms with E-state index in [1.807, 2.05) is 24.4 Å². The first-order valence-electron chi connectivity index (χ1n) is 10.8. The van der Waals surface area contributed by atoms with Gasteiger partial charge in [0, 0.05) is 49.7 Å². The molecule has 2 atom stereocenters. The van der Waals surface area contributed by atoms with Gasteiger partial charge in [-0.1, -0.05) is 41.9 Å². The highest BCUT2D eigenvalue weighted by Gasteiger charge is 2.30. The Morgan fingerprint density at radius 1 is 1.10 bits per heavy atom. The zero-order valence-corrected chi connectivity index (χ0v) is 18.8. The minimum absolute atomic E-state index is 0.367. The van der Waals surface area contributed by atoms with Crippen LogP contribution in [0.25, 0.3) is 10.8 Å². The smallest absolute Gasteiger partial charge is 0.138 e. The monoisotopic (exact) mass is 437 g/mol. The molecule has 1 fully saturated rings. The number of piperazine rings is 1. The fourth-order valence-electron chi connectivity index (χ4n) is 4.37. The number of benzene rings is 2. The van der Waals surface area contributed by atoms with Crippen molar-refractivity contribution in [2.45, 2.75) is 32.4 Å². The number of pyridine rings is 1. The summed E-state index contributed by atoms with van der Waals surface area (Å²) in [7, 11) is 0. The molecule has 0 unspecified atom stereocenters. The fraction of sp³-hybridized carbons (Fsp3) is 0.360. The molecule has 2 heterocycles. The normalized spacial score (nSPS) is 19.5. The first-order valence-corrected chi connectivity index (χ1v) is 11.1. The van der Waals surface area contributed by atoms with Gasteiger partial charge in [0.25, 0.3) is 0 Å². The second-order valence-corrected chi connectivity index (χ2v) is 8.62. The molecule has 0 aliphatic carbocycles. The van der Waals surface area contributed by atoms with Gasteiger partial charge in [-0.25, -0.2) is 4.98 Å². The van der Waals surface area contributed by atoms with Crippen molar-refractivity contribution < 1.29 is 9.53 Å². The van der Waals surface area contributed by atoms with Crippen molar-refractivity contribution in [3.63, 3.8) is 0 Å². The number of nitrogens with zero attached hydrogens (tertiary/aromatic N) is 3. The SMILES string of the molecule is C[C@@H]1CN(c2cc3ccccc3cn2)C[C@H](C)N1CCOc1cc(CC=O)ccc1Cl. The fourth-order valence-corrected chi connectivity index (χ4v) is 4.54. The van der Waals surface area contributed by atoms with E-state index in [2.05, 4.69) is 47.9 Å². The zero-order chi connectivity index (χ0) is 21.8. The van der Waals surface area contributed by atoms with E-state index in [4.69, 9.17) is 21.3 Å². The summed E-state index contributed by atoms with van der Waals surface area (Å²) in [5.41, 5.74) is 0.910. The Balaban J connectivity index is 1.37. The summed E-state index contributed by atoms with van der Waals surface area (Å²) < 4.78 is 5.97. The average Bonchev–Trinajstić information content (AvgIpc) is 2.77. The Kier molecular flexibility index (Phi) is 6.73. The van der Waals surface area contributed by atoms with E-state index in [9.17, 15) is 4.79 Å². The summed E-state index contributed by atoms with van der Waals surface area (Å²) in [5, 5.41) is 2.96. The molecule has 31 heavy (non-hydrogen) atoms. The van der Waals surface area contributed by atoms with Gasteiger partial charge in [0.1, 0.15) is 24.5 Å². The molecular formula is C25H28ClN3O2. The standard InChI is InChI=1S/C25H28ClN3O2/c1-18-16-28(25-14-21-5-3-4-6-22(21)15-27-25)17-19(2)29(18)10-12-31-24-13-20(9-11-30)7-8-23(24)26/h3-8,11,13-15,18-19H,9-10,12,16-17H2,1-2H3/t18-,19+. The largest absolute Gasteiger partial charge is 0.491 e. The van der Waals surface area contributed by atoms with Crippen molar-refractivity contribution in [3.05, 3.63) is 65.3 Å². The van der Waals surface area contributed by atoms with Crippen LogP contribution in [0.2, 0.25) is 5.02 Å². The summed E-state index contributed by atoms with van der Waals surface area (Å²) in [4.78, 5) is 20.3. The van der Waals surface area contributed by atoms with Crippen LogP contribution < -0.4 is 9.64 Å². The number of ether oxygens (including phenoxy) is 1. The van der Waals surface area contributed by atoms with Crippen LogP contribution in [-0.4, -0.2) is 54.5 Å². The highest BCUT2D eigenvalue weighted by molar-refractivity contribution is 6.32. The summed E-state index contributed by atoms with van der Waals surface area (Å²) in [6, 6.07) is 16.8. The quantitative estimate of drug-likeness (QED) is 0.505. The molecule has 4 rings (SSSR count). The molecule has 6 heteroatoms. The lowest BCUT2D eigenvalue weighted by atomic mass is 10.1. The number of fused-ring (bicyclic) bond motifs is 1. The van der Waals surface area contributed by atoms with E-state index in [0.29, 0.717) is 35.9 Å². The maximum atomic E-state index is 10.8. The topological polar surface area (TPSA) is 45.7 Å². The molecule has 1 aromatic heterocycles. The highest BCUT2D eigenvalue weighted by Crippen LogP contribution is 2.27. The lowest BCUT2D eigenvalue weighted by Gasteiger charge is -2.44. The van der Waals surface area contributed by atoms with Crippen LogP contribution in [0.15, 0.2) is 54.7 Å². The molecule has 0 N–H and O–H groups in total. The van der Waals surface area contributed by atoms with Gasteiger partial charge >= 0.3 is 0 Å². The van der Waals surface area contributed by atoms with Gasteiger partial charge < -0.3 is 14.4 Å². The lowest BCUT2D eigenvalue weighted by Crippen LogP contribution is -2.57. The number of hydrogen-bond acceptors (Lipinski definition) is 5. The predicted octanol–water partition coefficient (Wildman–Crippen LogP) is 4.61. The van der Waals surface area contributed by atoms with Crippen LogP contribution in [0.5, 0.6) is 5.75 Å². The van der Waals surface area contributed by atoms with Crippen LogP contribution in [0.3, 0.4) is 0 Å². The van der Waals surface area contributed by atoms with E-state index in [-0.39, 0.29) is 0 Å². The Hall–Kier alpha value is -2.63. The van der Waals surface area contributed by atoms with E-state index in [1.54, 1.807) is 6.07 Å². The van der Waals surface area contributed by atoms with Crippen molar-refractivity contribution in [1.29, 1.82) is 0 Å². The van der Waals surface area contributed by atoms with Crippen LogP contribution in [0.1, 0.15) is 19.4 Å². The van der Waals surface area contributed by atoms with E-state index >= 15 is 0 Å². The summed E-state index contributed by atoms with van der Waals surface area (Å²) >= 11 is 6.26. The van der Waals surface area contributed by atoms with E-state index in [1.165, 1.54) is 10.8 Å². The van der Waals surface area contributed by atoms with Crippen LogP contribution in [0, 0.1) is 0 Å². The Bertz CT molecular complexity index is 1050. The molecule has 2 aromatic carbocycles. The number of aldehydes is 1. The van der Waals surface area contributed by atoms with Crippen molar-refractivity contribution in [2.24, 2.45) is 0 Å². The van der Waals surface area contributed by atoms with Gasteiger partial charge in [0.2, 0.25) is 0 Å². The Morgan fingerprint density at radius 3 is 2.58 bits per heavy atom. The molecule has 0 saturated carbocycles. The van der Waals surface area contributed by atoms with Crippen molar-refractivity contribution in [2.75, 3.05) is 31.1 Å². The minimum Gasteiger partial charge on any atom is -0.491 e. The van der Waals surface area contributed by atoms with Crippen LogP contribution in [-0.2, 0) is 11.2 Å². The van der Waals surface area contributed by atoms with Crippen LogP contribution >= 0.6 is 11.6 Å². The summed E-state index contributed by atoms with van der Waals surface area (Å²) in [6.45, 7) is 7.71. The molecule has 1 saturated heterocycles. The third kappa shape index (κ3) is 5.00. The zero-order valence-electron chi connectivity index (χ0n) is 18.0. The molecule has 3 aromatic rings. The second-order valence-electron chi connectivity index (χ2n) is 8.21. The lowest BCUT2D eigenvalue weighted by molar-refractivity contribution is -0.107. The Labute approximate surface area is 188 Å². The first kappa shape index (κ1) is 21.6. The van der Waals surface area contributed by atoms with Crippen molar-refractivity contribution >= 4 is 34.5 Å². The summed E-state index contributed by atoms with van der Waals surface area (Å²) in [5.74, 6) is 1.67. The number of carbonyl (C=O) groups excluding carboxylic acids is 1. The second kappa shape index (κ2) is 9.67. The van der Waals surface area contributed by atoms with Crippen molar-refractivity contribution in [1.82, 2.24) is 9.88 Å². The molecule has 0 spiro atoms. The molecule has 0 amide bonds. The maximum absolute atomic E-state index is 10.8. The van der Waals surface area contributed by atoms with Gasteiger partial charge in [0.05, 0.1) is 5.02 Å². The first-order chi connectivity index (χ1) is 15.0. The average molecular weight is 438 g/mol. The number of carbonyl (C=O) groups is 1. The minimum atomic E-state index is 0.367. The number of halogens is 1. The highest BCUT2D eigenvalue weighted by atomic mass is 35.5. The van der Waals surface area contributed by atoms with Gasteiger partial charge in [-0.2, -0.15) is 0 Å². The van der Waals surface area contributed by atoms with Gasteiger partial charge in [-0.15, -0.1) is 0 Å².